The third-order valence-corrected chi connectivity index (χ3v) is 14.3. The molecule has 0 amide bonds. The second-order valence-electron chi connectivity index (χ2n) is 21.7. The molecule has 3 N–H and O–H groups in total. The number of hydrogen-bond acceptors (Lipinski definition) is 11. The molecule has 0 spiro atoms. The Balaban J connectivity index is 2.66. The summed E-state index contributed by atoms with van der Waals surface area (Å²) >= 11 is 0. The molecule has 0 saturated carbocycles. The van der Waals surface area contributed by atoms with Gasteiger partial charge in [0.15, 0.2) is 24.6 Å². The minimum atomic E-state index is -1.91. The van der Waals surface area contributed by atoms with Crippen molar-refractivity contribution in [1.29, 1.82) is 0 Å². The first-order valence-corrected chi connectivity index (χ1v) is 31.6. The Morgan fingerprint density at radius 3 is 1.22 bits per heavy atom. The van der Waals surface area contributed by atoms with E-state index in [1.54, 1.807) is 0 Å². The highest BCUT2D eigenvalue weighted by atomic mass is 16.7. The van der Waals surface area contributed by atoms with Gasteiger partial charge in [-0.1, -0.05) is 217 Å². The quantitative estimate of drug-likeness (QED) is 0.0228. The van der Waals surface area contributed by atoms with Crippen molar-refractivity contribution in [1.82, 2.24) is 0 Å². The Labute approximate surface area is 469 Å². The van der Waals surface area contributed by atoms with E-state index in [9.17, 15) is 34.5 Å². The summed E-state index contributed by atoms with van der Waals surface area (Å²) in [5.74, 6) is -3.13. The molecule has 0 aliphatic carbocycles. The maximum Gasteiger partial charge on any atom is 0.335 e. The largest absolute Gasteiger partial charge is 0.479 e. The van der Waals surface area contributed by atoms with Crippen molar-refractivity contribution in [3.05, 3.63) is 48.6 Å². The molecule has 1 rings (SSSR count). The Morgan fingerprint density at radius 2 is 0.779 bits per heavy atom. The van der Waals surface area contributed by atoms with Gasteiger partial charge in [0.1, 0.15) is 18.8 Å². The molecule has 12 heteroatoms. The first-order chi connectivity index (χ1) is 37.6. The van der Waals surface area contributed by atoms with Crippen molar-refractivity contribution in [2.75, 3.05) is 13.2 Å². The lowest BCUT2D eigenvalue weighted by molar-refractivity contribution is -0.301. The number of aliphatic carboxylic acids is 1. The normalized spacial score (nSPS) is 18.3. The Bertz CT molecular complexity index is 1520. The smallest absolute Gasteiger partial charge is 0.335 e. The molecule has 1 saturated heterocycles. The van der Waals surface area contributed by atoms with Gasteiger partial charge in [-0.3, -0.25) is 14.4 Å². The third-order valence-electron chi connectivity index (χ3n) is 14.3. The van der Waals surface area contributed by atoms with Gasteiger partial charge in [0, 0.05) is 19.3 Å². The maximum atomic E-state index is 13.2. The van der Waals surface area contributed by atoms with Crippen molar-refractivity contribution in [2.24, 2.45) is 0 Å². The summed E-state index contributed by atoms with van der Waals surface area (Å²) in [4.78, 5) is 51.2. The van der Waals surface area contributed by atoms with Crippen LogP contribution in [0.3, 0.4) is 0 Å². The van der Waals surface area contributed by atoms with Crippen molar-refractivity contribution in [3.8, 4) is 0 Å². The average molecular weight is 1090 g/mol. The highest BCUT2D eigenvalue weighted by Crippen LogP contribution is 2.27. The number of carbonyl (C=O) groups is 4. The van der Waals surface area contributed by atoms with Gasteiger partial charge in [0.05, 0.1) is 6.61 Å². The Hall–Kier alpha value is -3.32. The van der Waals surface area contributed by atoms with E-state index in [-0.39, 0.29) is 25.9 Å². The van der Waals surface area contributed by atoms with Crippen molar-refractivity contribution in [2.45, 2.75) is 327 Å². The summed E-state index contributed by atoms with van der Waals surface area (Å²) < 4.78 is 28.5. The molecule has 6 unspecified atom stereocenters. The van der Waals surface area contributed by atoms with Crippen LogP contribution in [0.4, 0.5) is 0 Å². The van der Waals surface area contributed by atoms with Crippen LogP contribution in [0.2, 0.25) is 0 Å². The average Bonchev–Trinajstić information content (AvgIpc) is 3.42. The van der Waals surface area contributed by atoms with E-state index < -0.39 is 67.3 Å². The summed E-state index contributed by atoms with van der Waals surface area (Å²) in [6.07, 6.45) is 52.1. The summed E-state index contributed by atoms with van der Waals surface area (Å²) in [5, 5.41) is 31.5. The molecule has 0 bridgehead atoms. The number of unbranched alkanes of at least 4 members (excludes halogenated alkanes) is 32. The topological polar surface area (TPSA) is 175 Å². The lowest BCUT2D eigenvalue weighted by Crippen LogP contribution is -2.61. The molecule has 1 heterocycles. The van der Waals surface area contributed by atoms with Gasteiger partial charge in [0.25, 0.3) is 0 Å². The van der Waals surface area contributed by atoms with Crippen LogP contribution in [0, 0.1) is 0 Å². The van der Waals surface area contributed by atoms with Crippen molar-refractivity contribution in [3.63, 3.8) is 0 Å². The maximum absolute atomic E-state index is 13.2. The first-order valence-electron chi connectivity index (χ1n) is 31.6. The van der Waals surface area contributed by atoms with Crippen LogP contribution in [0.1, 0.15) is 290 Å². The minimum absolute atomic E-state index is 0.0508. The van der Waals surface area contributed by atoms with Gasteiger partial charge in [-0.25, -0.2) is 4.79 Å². The summed E-state index contributed by atoms with van der Waals surface area (Å²) in [7, 11) is 0. The molecule has 0 aromatic rings. The van der Waals surface area contributed by atoms with Crippen LogP contribution >= 0.6 is 0 Å². The zero-order chi connectivity index (χ0) is 56.1. The second-order valence-corrected chi connectivity index (χ2v) is 21.7. The van der Waals surface area contributed by atoms with E-state index >= 15 is 0 Å². The third kappa shape index (κ3) is 43.2. The molecule has 1 fully saturated rings. The number of rotatable bonds is 54. The first kappa shape index (κ1) is 71.7. The summed E-state index contributed by atoms with van der Waals surface area (Å²) in [6, 6.07) is 0. The molecule has 446 valence electrons. The second kappa shape index (κ2) is 53.3. The van der Waals surface area contributed by atoms with E-state index in [0.717, 1.165) is 109 Å². The van der Waals surface area contributed by atoms with Gasteiger partial charge >= 0.3 is 23.9 Å². The van der Waals surface area contributed by atoms with Crippen LogP contribution in [0.15, 0.2) is 48.6 Å². The number of hydrogen-bond donors (Lipinski definition) is 3. The molecule has 1 aliphatic rings. The molecule has 6 atom stereocenters. The number of aliphatic hydroxyl groups excluding tert-OH is 2. The van der Waals surface area contributed by atoms with Crippen molar-refractivity contribution < 1.29 is 58.2 Å². The molecular formula is C65H114O12. The molecule has 77 heavy (non-hydrogen) atoms. The van der Waals surface area contributed by atoms with E-state index in [1.807, 2.05) is 0 Å². The van der Waals surface area contributed by atoms with Crippen LogP contribution in [0.5, 0.6) is 0 Å². The number of carbonyl (C=O) groups excluding carboxylic acids is 3. The number of allylic oxidation sites excluding steroid dienone is 8. The highest BCUT2D eigenvalue weighted by Gasteiger charge is 2.50. The van der Waals surface area contributed by atoms with Gasteiger partial charge in [-0.15, -0.1) is 0 Å². The zero-order valence-corrected chi connectivity index (χ0v) is 49.2. The fourth-order valence-corrected chi connectivity index (χ4v) is 9.45. The predicted molar refractivity (Wildman–Crippen MR) is 312 cm³/mol. The molecular weight excluding hydrogens is 973 g/mol. The number of carboxylic acid groups (broad SMARTS) is 1. The summed E-state index contributed by atoms with van der Waals surface area (Å²) in [6.45, 7) is 5.96. The Morgan fingerprint density at radius 1 is 0.429 bits per heavy atom. The standard InChI is InChI=1S/C65H114O12/c1-4-7-10-13-16-19-22-25-27-28-29-30-32-34-36-39-42-45-48-51-57(66)73-54-56(75-58(67)52-49-46-43-40-37-33-24-21-18-15-12-9-6-3)55-74-65-63(61(70)60(69)62(77-65)64(71)72)76-59(68)53-50-47-44-41-38-35-31-26-23-20-17-14-11-8-5-2/h16,19,21,24-27,31,56,60-63,65,69-70H,4-15,17-18,20,22-23,28-30,32-55H2,1-3H3,(H,71,72)/b19-16-,24-21-,27-25-,31-26-. The van der Waals surface area contributed by atoms with E-state index in [4.69, 9.17) is 23.7 Å². The predicted octanol–water partition coefficient (Wildman–Crippen LogP) is 16.6. The van der Waals surface area contributed by atoms with Crippen LogP contribution in [-0.2, 0) is 42.9 Å². The lowest BCUT2D eigenvalue weighted by Gasteiger charge is -2.40. The van der Waals surface area contributed by atoms with Gasteiger partial charge in [-0.2, -0.15) is 0 Å². The molecule has 0 aromatic carbocycles. The Kier molecular flexibility index (Phi) is 49.7. The fraction of sp³-hybridized carbons (Fsp3) is 0.815. The molecule has 0 aromatic heterocycles. The zero-order valence-electron chi connectivity index (χ0n) is 49.2. The fourth-order valence-electron chi connectivity index (χ4n) is 9.45. The number of aliphatic hydroxyl groups is 2. The van der Waals surface area contributed by atoms with Gasteiger partial charge in [0.2, 0.25) is 0 Å². The van der Waals surface area contributed by atoms with E-state index in [0.29, 0.717) is 19.3 Å². The molecule has 12 nitrogen and oxygen atoms in total. The van der Waals surface area contributed by atoms with Crippen LogP contribution in [-0.4, -0.2) is 89.2 Å². The lowest BCUT2D eigenvalue weighted by atomic mass is 9.98. The highest BCUT2D eigenvalue weighted by molar-refractivity contribution is 5.74. The van der Waals surface area contributed by atoms with Gasteiger partial charge < -0.3 is 39.0 Å². The van der Waals surface area contributed by atoms with E-state index in [2.05, 4.69) is 69.4 Å². The summed E-state index contributed by atoms with van der Waals surface area (Å²) in [5.41, 5.74) is 0. The SMILES string of the molecule is CCCCC/C=C\C/C=C\CCCCCCCCCCCC(=O)OCC(COC1OC(C(=O)O)C(O)C(O)C1OC(=O)CCCCCCC/C=C\CCCCCCCC)OC(=O)CCCCCCC/C=C\CCCCCC. The van der Waals surface area contributed by atoms with Crippen LogP contribution in [0.25, 0.3) is 0 Å². The van der Waals surface area contributed by atoms with Crippen molar-refractivity contribution >= 4 is 23.9 Å². The molecule has 1 aliphatic heterocycles. The van der Waals surface area contributed by atoms with Gasteiger partial charge in [-0.05, 0) is 103 Å². The number of esters is 3. The number of carboxylic acids is 1. The monoisotopic (exact) mass is 1090 g/mol. The molecule has 0 radical (unpaired) electrons. The minimum Gasteiger partial charge on any atom is -0.479 e. The van der Waals surface area contributed by atoms with Crippen LogP contribution < -0.4 is 0 Å². The van der Waals surface area contributed by atoms with E-state index in [1.165, 1.54) is 122 Å². The number of ether oxygens (including phenoxy) is 5.